The molecule has 0 heterocycles. The number of ether oxygens (including phenoxy) is 2. The van der Waals surface area contributed by atoms with Crippen molar-refractivity contribution in [2.75, 3.05) is 6.61 Å². The Balaban J connectivity index is 3.00. The number of aliphatic carboxylic acids is 1. The Morgan fingerprint density at radius 3 is 2.67 bits per heavy atom. The Labute approximate surface area is 122 Å². The van der Waals surface area contributed by atoms with Gasteiger partial charge < -0.3 is 14.6 Å². The average Bonchev–Trinajstić information content (AvgIpc) is 2.44. The first-order chi connectivity index (χ1) is 9.97. The van der Waals surface area contributed by atoms with E-state index in [0.717, 1.165) is 12.1 Å². The van der Waals surface area contributed by atoms with Gasteiger partial charge in [-0.1, -0.05) is 6.92 Å². The normalized spacial score (nSPS) is 12.1. The van der Waals surface area contributed by atoms with Crippen molar-refractivity contribution in [2.24, 2.45) is 0 Å². The number of hydrogen-bond donors (Lipinski definition) is 1. The van der Waals surface area contributed by atoms with Crippen LogP contribution in [-0.2, 0) is 14.3 Å². The van der Waals surface area contributed by atoms with Crippen LogP contribution in [0.15, 0.2) is 24.3 Å². The average molecular weight is 296 g/mol. The molecule has 0 saturated heterocycles. The lowest BCUT2D eigenvalue weighted by Crippen LogP contribution is -2.28. The van der Waals surface area contributed by atoms with E-state index in [2.05, 4.69) is 0 Å². The van der Waals surface area contributed by atoms with Gasteiger partial charge in [-0.2, -0.15) is 0 Å². The third kappa shape index (κ3) is 5.25. The smallest absolute Gasteiger partial charge is 0.347 e. The number of rotatable bonds is 7. The third-order valence-electron chi connectivity index (χ3n) is 2.57. The van der Waals surface area contributed by atoms with Crippen LogP contribution in [-0.4, -0.2) is 29.8 Å². The van der Waals surface area contributed by atoms with Crippen molar-refractivity contribution in [3.8, 4) is 5.75 Å². The van der Waals surface area contributed by atoms with E-state index in [0.29, 0.717) is 6.42 Å². The van der Waals surface area contributed by atoms with Crippen molar-refractivity contribution in [1.29, 1.82) is 0 Å². The Morgan fingerprint density at radius 1 is 1.38 bits per heavy atom. The van der Waals surface area contributed by atoms with Crippen molar-refractivity contribution in [1.82, 2.24) is 0 Å². The van der Waals surface area contributed by atoms with E-state index in [1.54, 1.807) is 13.8 Å². The standard InChI is InChI=1S/C15H17FO5/c1-3-12(15(19)20-4-2)21-13-7-6-11(16)9-10(13)5-8-14(17)18/h5-9,12H,3-4H2,1-2H3,(H,17,18)/b8-5+. The van der Waals surface area contributed by atoms with Crippen LogP contribution >= 0.6 is 0 Å². The van der Waals surface area contributed by atoms with Gasteiger partial charge in [-0.25, -0.2) is 14.0 Å². The molecule has 0 radical (unpaired) electrons. The summed E-state index contributed by atoms with van der Waals surface area (Å²) >= 11 is 0. The highest BCUT2D eigenvalue weighted by molar-refractivity contribution is 5.86. The van der Waals surface area contributed by atoms with E-state index in [1.807, 2.05) is 0 Å². The van der Waals surface area contributed by atoms with E-state index < -0.39 is 23.9 Å². The summed E-state index contributed by atoms with van der Waals surface area (Å²) in [5.74, 6) is -1.99. The molecule has 0 aliphatic carbocycles. The highest BCUT2D eigenvalue weighted by atomic mass is 19.1. The first kappa shape index (κ1) is 16.7. The van der Waals surface area contributed by atoms with E-state index in [1.165, 1.54) is 18.2 Å². The zero-order valence-electron chi connectivity index (χ0n) is 11.8. The Hall–Kier alpha value is -2.37. The predicted octanol–water partition coefficient (Wildman–Crippen LogP) is 2.64. The Bertz CT molecular complexity index is 539. The highest BCUT2D eigenvalue weighted by Gasteiger charge is 2.20. The first-order valence-electron chi connectivity index (χ1n) is 6.51. The fourth-order valence-corrected chi connectivity index (χ4v) is 1.60. The molecule has 1 aromatic rings. The number of carboxylic acids is 1. The largest absolute Gasteiger partial charge is 0.478 e. The number of halogens is 1. The fourth-order valence-electron chi connectivity index (χ4n) is 1.60. The molecular formula is C15H17FO5. The predicted molar refractivity (Wildman–Crippen MR) is 74.4 cm³/mol. The zero-order valence-corrected chi connectivity index (χ0v) is 11.8. The van der Waals surface area contributed by atoms with Gasteiger partial charge in [0.1, 0.15) is 11.6 Å². The minimum atomic E-state index is -1.16. The molecule has 1 atom stereocenters. The molecule has 21 heavy (non-hydrogen) atoms. The van der Waals surface area contributed by atoms with Crippen molar-refractivity contribution >= 4 is 18.0 Å². The van der Waals surface area contributed by atoms with Crippen molar-refractivity contribution in [2.45, 2.75) is 26.4 Å². The second-order valence-electron chi connectivity index (χ2n) is 4.12. The lowest BCUT2D eigenvalue weighted by atomic mass is 10.1. The molecular weight excluding hydrogens is 279 g/mol. The molecule has 1 unspecified atom stereocenters. The van der Waals surface area contributed by atoms with Gasteiger partial charge in [-0.05, 0) is 37.6 Å². The second-order valence-corrected chi connectivity index (χ2v) is 4.12. The number of carbonyl (C=O) groups excluding carboxylic acids is 1. The SMILES string of the molecule is CCOC(=O)C(CC)Oc1ccc(F)cc1/C=C/C(=O)O. The summed E-state index contributed by atoms with van der Waals surface area (Å²) < 4.78 is 23.6. The van der Waals surface area contributed by atoms with Gasteiger partial charge >= 0.3 is 11.9 Å². The molecule has 1 N–H and O–H groups in total. The summed E-state index contributed by atoms with van der Waals surface area (Å²) in [5.41, 5.74) is 0.236. The Morgan fingerprint density at radius 2 is 2.10 bits per heavy atom. The van der Waals surface area contributed by atoms with Gasteiger partial charge in [0.25, 0.3) is 0 Å². The van der Waals surface area contributed by atoms with E-state index in [9.17, 15) is 14.0 Å². The maximum absolute atomic E-state index is 13.2. The van der Waals surface area contributed by atoms with Gasteiger partial charge in [-0.3, -0.25) is 0 Å². The van der Waals surface area contributed by atoms with Crippen LogP contribution < -0.4 is 4.74 Å². The molecule has 1 rings (SSSR count). The zero-order chi connectivity index (χ0) is 15.8. The minimum Gasteiger partial charge on any atom is -0.478 e. The van der Waals surface area contributed by atoms with Crippen LogP contribution in [0.1, 0.15) is 25.8 Å². The van der Waals surface area contributed by atoms with Crippen LogP contribution in [0.25, 0.3) is 6.08 Å². The van der Waals surface area contributed by atoms with E-state index in [-0.39, 0.29) is 17.9 Å². The lowest BCUT2D eigenvalue weighted by Gasteiger charge is -2.17. The van der Waals surface area contributed by atoms with Crippen LogP contribution in [0, 0.1) is 5.82 Å². The van der Waals surface area contributed by atoms with Crippen LogP contribution in [0.5, 0.6) is 5.75 Å². The van der Waals surface area contributed by atoms with Crippen LogP contribution in [0.2, 0.25) is 0 Å². The molecule has 0 bridgehead atoms. The summed E-state index contributed by atoms with van der Waals surface area (Å²) in [6, 6.07) is 3.65. The van der Waals surface area contributed by atoms with E-state index >= 15 is 0 Å². The Kier molecular flexibility index (Phi) is 6.39. The molecule has 0 spiro atoms. The maximum atomic E-state index is 13.2. The van der Waals surface area contributed by atoms with E-state index in [4.69, 9.17) is 14.6 Å². The van der Waals surface area contributed by atoms with Gasteiger partial charge in [0.2, 0.25) is 0 Å². The molecule has 0 aliphatic rings. The summed E-state index contributed by atoms with van der Waals surface area (Å²) in [5, 5.41) is 8.63. The number of carbonyl (C=O) groups is 2. The monoisotopic (exact) mass is 296 g/mol. The maximum Gasteiger partial charge on any atom is 0.347 e. The third-order valence-corrected chi connectivity index (χ3v) is 2.57. The molecule has 1 aromatic carbocycles. The van der Waals surface area contributed by atoms with Crippen LogP contribution in [0.4, 0.5) is 4.39 Å². The van der Waals surface area contributed by atoms with Crippen molar-refractivity contribution in [3.63, 3.8) is 0 Å². The fraction of sp³-hybridized carbons (Fsp3) is 0.333. The quantitative estimate of drug-likeness (QED) is 0.618. The number of esters is 1. The molecule has 6 heteroatoms. The summed E-state index contributed by atoms with van der Waals surface area (Å²) in [6.45, 7) is 3.66. The minimum absolute atomic E-state index is 0.216. The number of benzene rings is 1. The van der Waals surface area contributed by atoms with Gasteiger partial charge in [-0.15, -0.1) is 0 Å². The van der Waals surface area contributed by atoms with Crippen molar-refractivity contribution < 1.29 is 28.6 Å². The summed E-state index contributed by atoms with van der Waals surface area (Å²) in [6.07, 6.45) is 1.62. The van der Waals surface area contributed by atoms with Gasteiger partial charge in [0.05, 0.1) is 6.61 Å². The second kappa shape index (κ2) is 8.04. The summed E-state index contributed by atoms with van der Waals surface area (Å²) in [4.78, 5) is 22.2. The topological polar surface area (TPSA) is 72.8 Å². The van der Waals surface area contributed by atoms with Crippen LogP contribution in [0.3, 0.4) is 0 Å². The van der Waals surface area contributed by atoms with Crippen molar-refractivity contribution in [3.05, 3.63) is 35.7 Å². The lowest BCUT2D eigenvalue weighted by molar-refractivity contribution is -0.151. The number of hydrogen-bond acceptors (Lipinski definition) is 4. The highest BCUT2D eigenvalue weighted by Crippen LogP contribution is 2.23. The molecule has 0 saturated carbocycles. The van der Waals surface area contributed by atoms with Gasteiger partial charge in [0.15, 0.2) is 6.10 Å². The first-order valence-corrected chi connectivity index (χ1v) is 6.51. The molecule has 0 amide bonds. The summed E-state index contributed by atoms with van der Waals surface area (Å²) in [7, 11) is 0. The molecule has 0 fully saturated rings. The van der Waals surface area contributed by atoms with Gasteiger partial charge in [0, 0.05) is 11.6 Å². The molecule has 114 valence electrons. The molecule has 5 nitrogen and oxygen atoms in total. The molecule has 0 aromatic heterocycles. The molecule has 0 aliphatic heterocycles. The number of carboxylic acid groups (broad SMARTS) is 1.